The third-order valence-corrected chi connectivity index (χ3v) is 5.10. The number of benzene rings is 1. The second-order valence-corrected chi connectivity index (χ2v) is 7.06. The van der Waals surface area contributed by atoms with Gasteiger partial charge in [-0.1, -0.05) is 23.4 Å². The first-order valence-electron chi connectivity index (χ1n) is 9.26. The Hall–Kier alpha value is -2.35. The van der Waals surface area contributed by atoms with Crippen molar-refractivity contribution in [2.45, 2.75) is 25.5 Å². The van der Waals surface area contributed by atoms with Crippen molar-refractivity contribution in [1.29, 1.82) is 0 Å². The smallest absolute Gasteiger partial charge is 0.240 e. The van der Waals surface area contributed by atoms with Gasteiger partial charge in [0.2, 0.25) is 5.89 Å². The van der Waals surface area contributed by atoms with E-state index in [1.165, 1.54) is 5.56 Å². The summed E-state index contributed by atoms with van der Waals surface area (Å²) in [5.74, 6) is 1.42. The molecule has 7 nitrogen and oxygen atoms in total. The van der Waals surface area contributed by atoms with Crippen LogP contribution >= 0.6 is 0 Å². The Labute approximate surface area is 158 Å². The molecule has 3 heterocycles. The maximum atomic E-state index is 10.6. The number of hydrogen-bond acceptors (Lipinski definition) is 7. The van der Waals surface area contributed by atoms with Gasteiger partial charge in [-0.2, -0.15) is 4.98 Å². The minimum absolute atomic E-state index is 0.173. The summed E-state index contributed by atoms with van der Waals surface area (Å²) in [5.41, 5.74) is 2.22. The number of aliphatic hydroxyl groups excluding tert-OH is 1. The maximum Gasteiger partial charge on any atom is 0.240 e. The Balaban J connectivity index is 1.40. The molecule has 0 spiro atoms. The fourth-order valence-corrected chi connectivity index (χ4v) is 3.73. The van der Waals surface area contributed by atoms with Crippen LogP contribution in [0.4, 0.5) is 0 Å². The molecule has 27 heavy (non-hydrogen) atoms. The Morgan fingerprint density at radius 2 is 2.15 bits per heavy atom. The summed E-state index contributed by atoms with van der Waals surface area (Å²) in [6, 6.07) is 10.2. The number of rotatable bonds is 7. The van der Waals surface area contributed by atoms with Crippen molar-refractivity contribution in [1.82, 2.24) is 20.0 Å². The highest BCUT2D eigenvalue weighted by Crippen LogP contribution is 2.26. The summed E-state index contributed by atoms with van der Waals surface area (Å²) in [6.07, 6.45) is 2.94. The van der Waals surface area contributed by atoms with Gasteiger partial charge in [-0.25, -0.2) is 0 Å². The molecule has 0 bridgehead atoms. The van der Waals surface area contributed by atoms with Gasteiger partial charge < -0.3 is 14.4 Å². The van der Waals surface area contributed by atoms with E-state index in [2.05, 4.69) is 32.2 Å². The average molecular weight is 368 g/mol. The summed E-state index contributed by atoms with van der Waals surface area (Å²) >= 11 is 0. The Morgan fingerprint density at radius 1 is 1.26 bits per heavy atom. The fourth-order valence-electron chi connectivity index (χ4n) is 3.73. The number of para-hydroxylation sites is 1. The number of pyridine rings is 1. The Bertz CT molecular complexity index is 892. The molecule has 0 amide bonds. The molecule has 4 rings (SSSR count). The van der Waals surface area contributed by atoms with Crippen LogP contribution in [0.5, 0.6) is 0 Å². The lowest BCUT2D eigenvalue weighted by Crippen LogP contribution is -2.21. The molecule has 2 aromatic heterocycles. The molecule has 0 aliphatic carbocycles. The number of aromatic nitrogens is 3. The first-order chi connectivity index (χ1) is 13.2. The first kappa shape index (κ1) is 18.0. The number of hydrogen-bond donors (Lipinski definition) is 1. The van der Waals surface area contributed by atoms with E-state index in [0.29, 0.717) is 37.8 Å². The molecule has 1 saturated heterocycles. The monoisotopic (exact) mass is 368 g/mol. The predicted octanol–water partition coefficient (Wildman–Crippen LogP) is 1.84. The van der Waals surface area contributed by atoms with Gasteiger partial charge in [-0.15, -0.1) is 0 Å². The summed E-state index contributed by atoms with van der Waals surface area (Å²) in [4.78, 5) is 11.0. The van der Waals surface area contributed by atoms with E-state index >= 15 is 0 Å². The van der Waals surface area contributed by atoms with Crippen molar-refractivity contribution in [3.05, 3.63) is 53.8 Å². The van der Waals surface area contributed by atoms with Gasteiger partial charge >= 0.3 is 0 Å². The molecule has 1 aliphatic rings. The number of methoxy groups -OCH3 is 1. The number of nitrogens with zero attached hydrogens (tertiary/aromatic N) is 4. The van der Waals surface area contributed by atoms with Crippen molar-refractivity contribution >= 4 is 10.9 Å². The SMILES string of the molecule is COCCc1noc(CN2C[C@@H](Cc3ccnc4ccccc34)[C@@H](O)C2)n1. The Kier molecular flexibility index (Phi) is 5.42. The highest BCUT2D eigenvalue weighted by Gasteiger charge is 2.32. The molecule has 1 aromatic carbocycles. The molecule has 142 valence electrons. The van der Waals surface area contributed by atoms with Gasteiger partial charge in [0.25, 0.3) is 0 Å². The van der Waals surface area contributed by atoms with Crippen molar-refractivity contribution in [2.75, 3.05) is 26.8 Å². The molecule has 1 N–H and O–H groups in total. The van der Waals surface area contributed by atoms with Gasteiger partial charge in [0.15, 0.2) is 5.82 Å². The third kappa shape index (κ3) is 4.16. The summed E-state index contributed by atoms with van der Waals surface area (Å²) < 4.78 is 10.4. The zero-order valence-corrected chi connectivity index (χ0v) is 15.4. The summed E-state index contributed by atoms with van der Waals surface area (Å²) in [7, 11) is 1.65. The van der Waals surface area contributed by atoms with Gasteiger partial charge in [0.05, 0.1) is 24.8 Å². The minimum atomic E-state index is -0.368. The maximum absolute atomic E-state index is 10.6. The molecule has 0 saturated carbocycles. The highest BCUT2D eigenvalue weighted by molar-refractivity contribution is 5.81. The van der Waals surface area contributed by atoms with Crippen LogP contribution < -0.4 is 0 Å². The predicted molar refractivity (Wildman–Crippen MR) is 100 cm³/mol. The second-order valence-electron chi connectivity index (χ2n) is 7.06. The van der Waals surface area contributed by atoms with Crippen LogP contribution in [0.15, 0.2) is 41.1 Å². The van der Waals surface area contributed by atoms with Gasteiger partial charge in [0, 0.05) is 44.1 Å². The van der Waals surface area contributed by atoms with Crippen LogP contribution in [0.3, 0.4) is 0 Å². The standard InChI is InChI=1S/C20H24N4O3/c1-26-9-7-19-22-20(27-23-19)13-24-11-15(18(25)12-24)10-14-6-8-21-17-5-3-2-4-16(14)17/h2-6,8,15,18,25H,7,9-13H2,1H3/t15-,18+/m1/s1. The zero-order chi connectivity index (χ0) is 18.6. The van der Waals surface area contributed by atoms with Crippen molar-refractivity contribution < 1.29 is 14.4 Å². The molecular formula is C20H24N4O3. The molecule has 2 atom stereocenters. The second kappa shape index (κ2) is 8.12. The van der Waals surface area contributed by atoms with E-state index in [0.717, 1.165) is 23.9 Å². The summed E-state index contributed by atoms with van der Waals surface area (Å²) in [6.45, 7) is 2.55. The van der Waals surface area contributed by atoms with Crippen LogP contribution in [-0.2, 0) is 24.1 Å². The van der Waals surface area contributed by atoms with E-state index in [-0.39, 0.29) is 12.0 Å². The van der Waals surface area contributed by atoms with Crippen LogP contribution in [0.2, 0.25) is 0 Å². The van der Waals surface area contributed by atoms with E-state index in [9.17, 15) is 5.11 Å². The van der Waals surface area contributed by atoms with Crippen LogP contribution in [-0.4, -0.2) is 58.0 Å². The quantitative estimate of drug-likeness (QED) is 0.681. The number of ether oxygens (including phenoxy) is 1. The molecule has 3 aromatic rings. The van der Waals surface area contributed by atoms with E-state index in [4.69, 9.17) is 9.26 Å². The lowest BCUT2D eigenvalue weighted by molar-refractivity contribution is 0.139. The third-order valence-electron chi connectivity index (χ3n) is 5.10. The molecule has 7 heteroatoms. The first-order valence-corrected chi connectivity index (χ1v) is 9.26. The van der Waals surface area contributed by atoms with E-state index < -0.39 is 0 Å². The normalized spacial score (nSPS) is 20.5. The number of β-amino-alcohol motifs (C(OH)–C–C–N with tert-alkyl or cyclic N) is 1. The van der Waals surface area contributed by atoms with E-state index in [1.807, 2.05) is 24.4 Å². The molecular weight excluding hydrogens is 344 g/mol. The van der Waals surface area contributed by atoms with Gasteiger partial charge in [-0.05, 0) is 24.1 Å². The minimum Gasteiger partial charge on any atom is -0.391 e. The summed E-state index contributed by atoms with van der Waals surface area (Å²) in [5, 5.41) is 15.7. The largest absolute Gasteiger partial charge is 0.391 e. The number of likely N-dealkylation sites (tertiary alicyclic amines) is 1. The lowest BCUT2D eigenvalue weighted by atomic mass is 9.94. The highest BCUT2D eigenvalue weighted by atomic mass is 16.5. The van der Waals surface area contributed by atoms with Crippen LogP contribution in [0.1, 0.15) is 17.3 Å². The zero-order valence-electron chi connectivity index (χ0n) is 15.4. The van der Waals surface area contributed by atoms with Crippen molar-refractivity contribution in [2.24, 2.45) is 5.92 Å². The Morgan fingerprint density at radius 3 is 3.04 bits per heavy atom. The lowest BCUT2D eigenvalue weighted by Gasteiger charge is -2.15. The van der Waals surface area contributed by atoms with Gasteiger partial charge in [-0.3, -0.25) is 9.88 Å². The molecule has 0 radical (unpaired) electrons. The van der Waals surface area contributed by atoms with Crippen LogP contribution in [0.25, 0.3) is 10.9 Å². The molecule has 1 fully saturated rings. The number of aliphatic hydroxyl groups is 1. The topological polar surface area (TPSA) is 84.5 Å². The number of fused-ring (bicyclic) bond motifs is 1. The van der Waals surface area contributed by atoms with Gasteiger partial charge in [0.1, 0.15) is 0 Å². The van der Waals surface area contributed by atoms with Crippen molar-refractivity contribution in [3.8, 4) is 0 Å². The molecule has 0 unspecified atom stereocenters. The van der Waals surface area contributed by atoms with E-state index in [1.54, 1.807) is 7.11 Å². The average Bonchev–Trinajstić information content (AvgIpc) is 3.27. The van der Waals surface area contributed by atoms with Crippen molar-refractivity contribution in [3.63, 3.8) is 0 Å². The van der Waals surface area contributed by atoms with Crippen LogP contribution in [0, 0.1) is 5.92 Å². The molecule has 1 aliphatic heterocycles. The fraction of sp³-hybridized carbons (Fsp3) is 0.450.